The molecule has 0 aliphatic heterocycles. The van der Waals surface area contributed by atoms with Crippen LogP contribution in [0.2, 0.25) is 0 Å². The number of Topliss-reactive ketones (excluding diaryl/α,β-unsaturated/α-hetero) is 1. The summed E-state index contributed by atoms with van der Waals surface area (Å²) in [4.78, 5) is 18.6. The Labute approximate surface area is 104 Å². The summed E-state index contributed by atoms with van der Waals surface area (Å²) in [5, 5.41) is 0. The second kappa shape index (κ2) is 5.45. The predicted molar refractivity (Wildman–Crippen MR) is 69.0 cm³/mol. The fraction of sp³-hybridized carbons (Fsp3) is 0.692. The Morgan fingerprint density at radius 2 is 2.12 bits per heavy atom. The van der Waals surface area contributed by atoms with Crippen LogP contribution in [0, 0.1) is 0 Å². The summed E-state index contributed by atoms with van der Waals surface area (Å²) in [7, 11) is 3.90. The molecule has 4 heteroatoms. The number of hydrogen-bond donors (Lipinski definition) is 0. The molecule has 96 valence electrons. The van der Waals surface area contributed by atoms with Crippen molar-refractivity contribution in [1.29, 1.82) is 0 Å². The molecule has 0 saturated heterocycles. The number of carbonyl (C=O) groups excluding carboxylic acids is 1. The molecule has 0 aromatic carbocycles. The molecule has 1 atom stereocenters. The van der Waals surface area contributed by atoms with Gasteiger partial charge in [-0.15, -0.1) is 0 Å². The van der Waals surface area contributed by atoms with Crippen molar-refractivity contribution in [2.45, 2.75) is 45.7 Å². The second-order valence-electron chi connectivity index (χ2n) is 4.75. The Morgan fingerprint density at radius 1 is 1.47 bits per heavy atom. The maximum atomic E-state index is 12.4. The highest BCUT2D eigenvalue weighted by Crippen LogP contribution is 2.19. The quantitative estimate of drug-likeness (QED) is 0.756. The number of imidazole rings is 1. The van der Waals surface area contributed by atoms with E-state index in [0.717, 1.165) is 18.8 Å². The van der Waals surface area contributed by atoms with Crippen LogP contribution in [0.1, 0.15) is 33.0 Å². The fourth-order valence-electron chi connectivity index (χ4n) is 1.89. The first-order valence-electron chi connectivity index (χ1n) is 6.16. The van der Waals surface area contributed by atoms with Gasteiger partial charge in [0.1, 0.15) is 5.82 Å². The topological polar surface area (TPSA) is 38.1 Å². The number of likely N-dealkylation sites (N-methyl/N-ethyl adjacent to an activating group) is 1. The van der Waals surface area contributed by atoms with Gasteiger partial charge in [0, 0.05) is 18.9 Å². The molecule has 0 bridgehead atoms. The number of aryl methyl sites for hydroxylation is 1. The minimum atomic E-state index is -0.398. The Bertz CT molecular complexity index is 384. The van der Waals surface area contributed by atoms with E-state index in [2.05, 4.69) is 11.9 Å². The molecule has 0 saturated carbocycles. The molecular weight excluding hydrogens is 214 g/mol. The maximum Gasteiger partial charge on any atom is 0.160 e. The molecule has 1 rings (SSSR count). The zero-order chi connectivity index (χ0) is 13.1. The Kier molecular flexibility index (Phi) is 4.46. The average molecular weight is 237 g/mol. The van der Waals surface area contributed by atoms with Gasteiger partial charge in [-0.1, -0.05) is 6.92 Å². The van der Waals surface area contributed by atoms with Crippen LogP contribution in [-0.4, -0.2) is 39.9 Å². The highest BCUT2D eigenvalue weighted by Gasteiger charge is 2.33. The van der Waals surface area contributed by atoms with Crippen molar-refractivity contribution in [2.24, 2.45) is 0 Å². The van der Waals surface area contributed by atoms with Crippen LogP contribution in [0.25, 0.3) is 0 Å². The van der Waals surface area contributed by atoms with Crippen molar-refractivity contribution in [1.82, 2.24) is 14.5 Å². The standard InChI is InChI=1S/C13H23N3O/c1-6-13(3,15(4)5)11(17)10-12-14-8-9-16(12)7-2/h8-9H,6-7,10H2,1-5H3. The smallest absolute Gasteiger partial charge is 0.160 e. The largest absolute Gasteiger partial charge is 0.335 e. The van der Waals surface area contributed by atoms with Gasteiger partial charge in [0.15, 0.2) is 5.78 Å². The van der Waals surface area contributed by atoms with E-state index in [4.69, 9.17) is 0 Å². The van der Waals surface area contributed by atoms with Gasteiger partial charge in [0.2, 0.25) is 0 Å². The van der Waals surface area contributed by atoms with Crippen LogP contribution in [0.4, 0.5) is 0 Å². The van der Waals surface area contributed by atoms with Crippen molar-refractivity contribution in [2.75, 3.05) is 14.1 Å². The summed E-state index contributed by atoms with van der Waals surface area (Å²) in [5.41, 5.74) is -0.398. The second-order valence-corrected chi connectivity index (χ2v) is 4.75. The van der Waals surface area contributed by atoms with E-state index in [1.807, 2.05) is 43.6 Å². The zero-order valence-electron chi connectivity index (χ0n) is 11.5. The van der Waals surface area contributed by atoms with E-state index >= 15 is 0 Å². The highest BCUT2D eigenvalue weighted by atomic mass is 16.1. The lowest BCUT2D eigenvalue weighted by Crippen LogP contribution is -2.49. The van der Waals surface area contributed by atoms with E-state index in [1.165, 1.54) is 0 Å². The van der Waals surface area contributed by atoms with Crippen molar-refractivity contribution >= 4 is 5.78 Å². The Balaban J connectivity index is 2.85. The summed E-state index contributed by atoms with van der Waals surface area (Å²) in [6.07, 6.45) is 4.89. The number of aromatic nitrogens is 2. The molecule has 0 fully saturated rings. The number of nitrogens with zero attached hydrogens (tertiary/aromatic N) is 3. The van der Waals surface area contributed by atoms with Crippen molar-refractivity contribution in [3.63, 3.8) is 0 Å². The molecule has 4 nitrogen and oxygen atoms in total. The summed E-state index contributed by atoms with van der Waals surface area (Å²) >= 11 is 0. The molecule has 0 radical (unpaired) electrons. The van der Waals surface area contributed by atoms with Gasteiger partial charge in [-0.05, 0) is 34.4 Å². The van der Waals surface area contributed by atoms with Crippen LogP contribution < -0.4 is 0 Å². The van der Waals surface area contributed by atoms with Crippen LogP contribution in [0.5, 0.6) is 0 Å². The SMILES string of the molecule is CCn1ccnc1CC(=O)C(C)(CC)N(C)C. The molecule has 1 aromatic rings. The molecule has 1 aromatic heterocycles. The van der Waals surface area contributed by atoms with Crippen LogP contribution in [-0.2, 0) is 17.8 Å². The minimum Gasteiger partial charge on any atom is -0.335 e. The third kappa shape index (κ3) is 2.75. The van der Waals surface area contributed by atoms with E-state index in [-0.39, 0.29) is 5.78 Å². The molecule has 0 aliphatic rings. The first-order valence-corrected chi connectivity index (χ1v) is 6.16. The van der Waals surface area contributed by atoms with E-state index in [0.29, 0.717) is 6.42 Å². The molecule has 0 spiro atoms. The number of ketones is 1. The normalized spacial score (nSPS) is 14.9. The molecule has 0 aliphatic carbocycles. The molecule has 1 heterocycles. The Morgan fingerprint density at radius 3 is 2.59 bits per heavy atom. The number of rotatable bonds is 6. The van der Waals surface area contributed by atoms with Gasteiger partial charge in [-0.2, -0.15) is 0 Å². The summed E-state index contributed by atoms with van der Waals surface area (Å²) < 4.78 is 2.02. The third-order valence-electron chi connectivity index (χ3n) is 3.74. The molecule has 17 heavy (non-hydrogen) atoms. The van der Waals surface area contributed by atoms with Crippen LogP contribution in [0.15, 0.2) is 12.4 Å². The monoisotopic (exact) mass is 237 g/mol. The molecule has 0 N–H and O–H groups in total. The molecule has 0 amide bonds. The lowest BCUT2D eigenvalue weighted by Gasteiger charge is -2.34. The van der Waals surface area contributed by atoms with Crippen molar-refractivity contribution < 1.29 is 4.79 Å². The van der Waals surface area contributed by atoms with Gasteiger partial charge in [0.05, 0.1) is 12.0 Å². The summed E-state index contributed by atoms with van der Waals surface area (Å²) in [5.74, 6) is 1.09. The molecule has 1 unspecified atom stereocenters. The Hall–Kier alpha value is -1.16. The van der Waals surface area contributed by atoms with Gasteiger partial charge >= 0.3 is 0 Å². The van der Waals surface area contributed by atoms with Gasteiger partial charge in [0.25, 0.3) is 0 Å². The van der Waals surface area contributed by atoms with Gasteiger partial charge in [-0.3, -0.25) is 9.69 Å². The number of hydrogen-bond acceptors (Lipinski definition) is 3. The van der Waals surface area contributed by atoms with E-state index < -0.39 is 5.54 Å². The van der Waals surface area contributed by atoms with Gasteiger partial charge in [-0.25, -0.2) is 4.98 Å². The zero-order valence-corrected chi connectivity index (χ0v) is 11.5. The van der Waals surface area contributed by atoms with Crippen LogP contribution in [0.3, 0.4) is 0 Å². The maximum absolute atomic E-state index is 12.4. The van der Waals surface area contributed by atoms with E-state index in [1.54, 1.807) is 6.20 Å². The molecular formula is C13H23N3O. The summed E-state index contributed by atoms with van der Waals surface area (Å²) in [6, 6.07) is 0. The first-order chi connectivity index (χ1) is 7.95. The highest BCUT2D eigenvalue weighted by molar-refractivity contribution is 5.89. The average Bonchev–Trinajstić information content (AvgIpc) is 2.74. The lowest BCUT2D eigenvalue weighted by molar-refractivity contribution is -0.128. The predicted octanol–water partition coefficient (Wildman–Crippen LogP) is 1.74. The number of carbonyl (C=O) groups is 1. The van der Waals surface area contributed by atoms with Crippen molar-refractivity contribution in [3.05, 3.63) is 18.2 Å². The van der Waals surface area contributed by atoms with Gasteiger partial charge < -0.3 is 4.57 Å². The van der Waals surface area contributed by atoms with Crippen molar-refractivity contribution in [3.8, 4) is 0 Å². The van der Waals surface area contributed by atoms with E-state index in [9.17, 15) is 4.79 Å². The minimum absolute atomic E-state index is 0.228. The fourth-order valence-corrected chi connectivity index (χ4v) is 1.89. The van der Waals surface area contributed by atoms with Crippen LogP contribution >= 0.6 is 0 Å². The lowest BCUT2D eigenvalue weighted by atomic mass is 9.90. The third-order valence-corrected chi connectivity index (χ3v) is 3.74. The first kappa shape index (κ1) is 13.9. The summed E-state index contributed by atoms with van der Waals surface area (Å²) in [6.45, 7) is 6.95.